The molecular formula is C8H12O3. The van der Waals surface area contributed by atoms with E-state index in [9.17, 15) is 9.59 Å². The molecular weight excluding hydrogens is 144 g/mol. The number of hydrogen-bond donors (Lipinski definition) is 0. The molecule has 0 aromatic carbocycles. The zero-order chi connectivity index (χ0) is 8.69. The number of carbonyl (C=O) groups excluding carboxylic acids is 2. The highest BCUT2D eigenvalue weighted by Crippen LogP contribution is 1.91. The average molecular weight is 156 g/mol. The van der Waals surface area contributed by atoms with Crippen LogP contribution in [0.5, 0.6) is 0 Å². The van der Waals surface area contributed by atoms with Gasteiger partial charge < -0.3 is 9.53 Å². The van der Waals surface area contributed by atoms with E-state index in [0.717, 1.165) is 6.29 Å². The van der Waals surface area contributed by atoms with Crippen molar-refractivity contribution in [2.45, 2.75) is 13.8 Å². The Balaban J connectivity index is 3.53. The second kappa shape index (κ2) is 5.65. The lowest BCUT2D eigenvalue weighted by Gasteiger charge is -2.02. The fourth-order valence-electron chi connectivity index (χ4n) is 0.437. The van der Waals surface area contributed by atoms with Crippen LogP contribution in [0.4, 0.5) is 0 Å². The second-order valence-corrected chi connectivity index (χ2v) is 2.24. The summed E-state index contributed by atoms with van der Waals surface area (Å²) in [6, 6.07) is 0. The van der Waals surface area contributed by atoms with Crippen molar-refractivity contribution in [3.8, 4) is 0 Å². The van der Waals surface area contributed by atoms with Crippen LogP contribution >= 0.6 is 0 Å². The summed E-state index contributed by atoms with van der Waals surface area (Å²) in [5, 5.41) is 0. The molecule has 0 rings (SSSR count). The molecule has 0 bridgehead atoms. The van der Waals surface area contributed by atoms with E-state index in [-0.39, 0.29) is 12.5 Å². The molecule has 0 N–H and O–H groups in total. The summed E-state index contributed by atoms with van der Waals surface area (Å²) in [6.45, 7) is 3.58. The third-order valence-electron chi connectivity index (χ3n) is 1.02. The molecule has 0 spiro atoms. The number of aldehydes is 1. The van der Waals surface area contributed by atoms with Crippen LogP contribution in [0, 0.1) is 5.92 Å². The zero-order valence-corrected chi connectivity index (χ0v) is 6.74. The van der Waals surface area contributed by atoms with E-state index >= 15 is 0 Å². The van der Waals surface area contributed by atoms with Crippen LogP contribution in [0.25, 0.3) is 0 Å². The first-order chi connectivity index (χ1) is 5.20. The van der Waals surface area contributed by atoms with Crippen molar-refractivity contribution in [2.75, 3.05) is 6.61 Å². The van der Waals surface area contributed by atoms with Gasteiger partial charge in [-0.05, 0) is 6.92 Å². The Morgan fingerprint density at radius 3 is 2.73 bits per heavy atom. The Morgan fingerprint density at radius 2 is 2.27 bits per heavy atom. The smallest absolute Gasteiger partial charge is 0.330 e. The first kappa shape index (κ1) is 9.88. The maximum Gasteiger partial charge on any atom is 0.330 e. The minimum atomic E-state index is -0.402. The minimum Gasteiger partial charge on any atom is -0.462 e. The summed E-state index contributed by atoms with van der Waals surface area (Å²) >= 11 is 0. The van der Waals surface area contributed by atoms with E-state index < -0.39 is 5.97 Å². The molecule has 0 aliphatic carbocycles. The summed E-state index contributed by atoms with van der Waals surface area (Å²) < 4.78 is 4.68. The first-order valence-electron chi connectivity index (χ1n) is 3.45. The number of ether oxygens (including phenoxy) is 1. The maximum atomic E-state index is 10.6. The number of carbonyl (C=O) groups is 2. The third-order valence-corrected chi connectivity index (χ3v) is 1.02. The summed E-state index contributed by atoms with van der Waals surface area (Å²) in [4.78, 5) is 20.7. The Morgan fingerprint density at radius 1 is 1.64 bits per heavy atom. The van der Waals surface area contributed by atoms with Crippen molar-refractivity contribution in [3.63, 3.8) is 0 Å². The number of rotatable bonds is 4. The van der Waals surface area contributed by atoms with Gasteiger partial charge in [-0.3, -0.25) is 0 Å². The Kier molecular flexibility index (Phi) is 5.07. The van der Waals surface area contributed by atoms with Crippen LogP contribution < -0.4 is 0 Å². The lowest BCUT2D eigenvalue weighted by atomic mass is 10.2. The van der Waals surface area contributed by atoms with Crippen molar-refractivity contribution in [1.29, 1.82) is 0 Å². The van der Waals surface area contributed by atoms with Crippen molar-refractivity contribution in [1.82, 2.24) is 0 Å². The average Bonchev–Trinajstić information content (AvgIpc) is 2.01. The topological polar surface area (TPSA) is 43.4 Å². The second-order valence-electron chi connectivity index (χ2n) is 2.24. The molecule has 11 heavy (non-hydrogen) atoms. The van der Waals surface area contributed by atoms with Gasteiger partial charge in [0.05, 0.1) is 0 Å². The minimum absolute atomic E-state index is 0.159. The summed E-state index contributed by atoms with van der Waals surface area (Å²) in [6.07, 6.45) is 3.66. The van der Waals surface area contributed by atoms with Gasteiger partial charge in [-0.15, -0.1) is 0 Å². The van der Waals surface area contributed by atoms with E-state index in [1.807, 2.05) is 0 Å². The molecule has 0 saturated heterocycles. The van der Waals surface area contributed by atoms with Crippen LogP contribution in [0.2, 0.25) is 0 Å². The number of esters is 1. The van der Waals surface area contributed by atoms with Crippen LogP contribution in [-0.2, 0) is 14.3 Å². The lowest BCUT2D eigenvalue weighted by Crippen LogP contribution is -2.10. The Bertz CT molecular complexity index is 161. The monoisotopic (exact) mass is 156 g/mol. The molecule has 0 aliphatic rings. The highest BCUT2D eigenvalue weighted by molar-refractivity contribution is 5.81. The third kappa shape index (κ3) is 5.33. The molecule has 62 valence electrons. The first-order valence-corrected chi connectivity index (χ1v) is 3.45. The van der Waals surface area contributed by atoms with Gasteiger partial charge in [0.15, 0.2) is 0 Å². The fraction of sp³-hybridized carbons (Fsp3) is 0.500. The molecule has 1 atom stereocenters. The van der Waals surface area contributed by atoms with E-state index in [1.165, 1.54) is 6.08 Å². The maximum absolute atomic E-state index is 10.6. The molecule has 0 radical (unpaired) electrons. The molecule has 0 heterocycles. The summed E-state index contributed by atoms with van der Waals surface area (Å²) in [7, 11) is 0. The van der Waals surface area contributed by atoms with Crippen molar-refractivity contribution >= 4 is 12.3 Å². The largest absolute Gasteiger partial charge is 0.462 e. The van der Waals surface area contributed by atoms with E-state index in [0.29, 0.717) is 0 Å². The van der Waals surface area contributed by atoms with Crippen LogP contribution in [0.15, 0.2) is 12.2 Å². The molecule has 3 nitrogen and oxygen atoms in total. The molecule has 0 aromatic rings. The van der Waals surface area contributed by atoms with Crippen LogP contribution in [0.3, 0.4) is 0 Å². The van der Waals surface area contributed by atoms with Gasteiger partial charge in [0.2, 0.25) is 0 Å². The van der Waals surface area contributed by atoms with Crippen molar-refractivity contribution in [3.05, 3.63) is 12.2 Å². The van der Waals surface area contributed by atoms with Gasteiger partial charge in [-0.1, -0.05) is 13.0 Å². The van der Waals surface area contributed by atoms with Crippen LogP contribution in [-0.4, -0.2) is 18.9 Å². The molecule has 0 aliphatic heterocycles. The quantitative estimate of drug-likeness (QED) is 0.345. The predicted molar refractivity (Wildman–Crippen MR) is 41.0 cm³/mol. The van der Waals surface area contributed by atoms with E-state index in [1.54, 1.807) is 19.9 Å². The molecule has 0 aromatic heterocycles. The zero-order valence-electron chi connectivity index (χ0n) is 6.74. The fourth-order valence-corrected chi connectivity index (χ4v) is 0.437. The predicted octanol–water partition coefficient (Wildman–Crippen LogP) is 0.941. The SMILES string of the molecule is C/C=C/C(=O)OCC(C)C=O. The molecule has 1 unspecified atom stereocenters. The number of hydrogen-bond acceptors (Lipinski definition) is 3. The Hall–Kier alpha value is -1.12. The van der Waals surface area contributed by atoms with Gasteiger partial charge in [0.1, 0.15) is 12.9 Å². The molecule has 0 amide bonds. The van der Waals surface area contributed by atoms with Crippen molar-refractivity contribution < 1.29 is 14.3 Å². The van der Waals surface area contributed by atoms with Gasteiger partial charge in [-0.2, -0.15) is 0 Å². The van der Waals surface area contributed by atoms with E-state index in [2.05, 4.69) is 4.74 Å². The molecule has 0 fully saturated rings. The van der Waals surface area contributed by atoms with E-state index in [4.69, 9.17) is 0 Å². The highest BCUT2D eigenvalue weighted by Gasteiger charge is 2.01. The molecule has 0 saturated carbocycles. The summed E-state index contributed by atoms with van der Waals surface area (Å²) in [5.41, 5.74) is 0. The van der Waals surface area contributed by atoms with Gasteiger partial charge in [0, 0.05) is 12.0 Å². The number of allylic oxidation sites excluding steroid dienone is 1. The Labute approximate surface area is 66.0 Å². The molecule has 3 heteroatoms. The summed E-state index contributed by atoms with van der Waals surface area (Å²) in [5.74, 6) is -0.620. The van der Waals surface area contributed by atoms with Gasteiger partial charge >= 0.3 is 5.97 Å². The van der Waals surface area contributed by atoms with Gasteiger partial charge in [0.25, 0.3) is 0 Å². The normalized spacial score (nSPS) is 12.9. The van der Waals surface area contributed by atoms with Crippen molar-refractivity contribution in [2.24, 2.45) is 5.92 Å². The lowest BCUT2D eigenvalue weighted by molar-refractivity contribution is -0.139. The standard InChI is InChI=1S/C8H12O3/c1-3-4-8(10)11-6-7(2)5-9/h3-5,7H,6H2,1-2H3/b4-3+. The highest BCUT2D eigenvalue weighted by atomic mass is 16.5. The van der Waals surface area contributed by atoms with Crippen LogP contribution in [0.1, 0.15) is 13.8 Å². The van der Waals surface area contributed by atoms with Gasteiger partial charge in [-0.25, -0.2) is 4.79 Å².